The van der Waals surface area contributed by atoms with Crippen molar-refractivity contribution in [2.75, 3.05) is 19.0 Å². The van der Waals surface area contributed by atoms with E-state index in [1.807, 2.05) is 49.3 Å². The Morgan fingerprint density at radius 2 is 1.94 bits per heavy atom. The molecule has 1 saturated heterocycles. The fourth-order valence-electron chi connectivity index (χ4n) is 3.13. The smallest absolute Gasteiger partial charge is 0.267 e. The summed E-state index contributed by atoms with van der Waals surface area (Å²) in [7, 11) is 3.96. The van der Waals surface area contributed by atoms with Crippen LogP contribution >= 0.6 is 43.6 Å². The highest BCUT2D eigenvalue weighted by atomic mass is 79.9. The maximum Gasteiger partial charge on any atom is 0.267 e. The number of hydrogen-bond donors (Lipinski definition) is 1. The number of anilines is 1. The molecule has 1 aliphatic rings. The molecule has 0 radical (unpaired) electrons. The van der Waals surface area contributed by atoms with Crippen LogP contribution in [0.5, 0.6) is 5.75 Å². The van der Waals surface area contributed by atoms with Gasteiger partial charge in [0.05, 0.1) is 28.4 Å². The van der Waals surface area contributed by atoms with Crippen LogP contribution in [0, 0.1) is 0 Å². The molecule has 0 unspecified atom stereocenters. The second-order valence-electron chi connectivity index (χ2n) is 7.52. The number of aromatic hydroxyl groups is 1. The van der Waals surface area contributed by atoms with Crippen LogP contribution in [0.2, 0.25) is 0 Å². The Bertz CT molecular complexity index is 1290. The number of thioether (sulfide) groups is 1. The molecule has 0 bridgehead atoms. The number of amides is 1. The number of amidine groups is 1. The molecular weight excluding hydrogens is 584 g/mol. The first-order valence-electron chi connectivity index (χ1n) is 10.1. The average Bonchev–Trinajstić information content (AvgIpc) is 3.41. The minimum Gasteiger partial charge on any atom is -0.506 e. The van der Waals surface area contributed by atoms with Crippen molar-refractivity contribution >= 4 is 72.7 Å². The number of hydrogen-bond acceptors (Lipinski definition) is 7. The maximum absolute atomic E-state index is 13.2. The Morgan fingerprint density at radius 3 is 2.62 bits per heavy atom. The Kier molecular flexibility index (Phi) is 7.60. The van der Waals surface area contributed by atoms with E-state index in [0.29, 0.717) is 25.9 Å². The van der Waals surface area contributed by atoms with Gasteiger partial charge >= 0.3 is 0 Å². The van der Waals surface area contributed by atoms with Crippen LogP contribution in [0.3, 0.4) is 0 Å². The largest absolute Gasteiger partial charge is 0.506 e. The van der Waals surface area contributed by atoms with E-state index in [9.17, 15) is 9.90 Å². The lowest BCUT2D eigenvalue weighted by Crippen LogP contribution is -2.28. The Morgan fingerprint density at radius 1 is 1.18 bits per heavy atom. The normalized spacial score (nSPS) is 16.4. The van der Waals surface area contributed by atoms with Gasteiger partial charge in [-0.15, -0.1) is 5.10 Å². The first kappa shape index (κ1) is 24.3. The number of carbonyl (C=O) groups excluding carboxylic acids is 1. The quantitative estimate of drug-likeness (QED) is 0.210. The van der Waals surface area contributed by atoms with E-state index in [1.54, 1.807) is 30.5 Å². The Hall–Kier alpha value is -2.82. The number of carbonyl (C=O) groups is 1. The zero-order valence-electron chi connectivity index (χ0n) is 18.3. The van der Waals surface area contributed by atoms with Crippen molar-refractivity contribution in [3.8, 4) is 5.75 Å². The van der Waals surface area contributed by atoms with Gasteiger partial charge in [-0.1, -0.05) is 28.1 Å². The van der Waals surface area contributed by atoms with Gasteiger partial charge in [0.2, 0.25) is 0 Å². The highest BCUT2D eigenvalue weighted by Gasteiger charge is 2.34. The summed E-state index contributed by atoms with van der Waals surface area (Å²) >= 11 is 7.93. The molecule has 34 heavy (non-hydrogen) atoms. The molecule has 4 rings (SSSR count). The van der Waals surface area contributed by atoms with Gasteiger partial charge in [-0.05, 0) is 75.7 Å². The van der Waals surface area contributed by atoms with Crippen LogP contribution in [-0.4, -0.2) is 41.4 Å². The molecule has 1 aliphatic heterocycles. The first-order valence-corrected chi connectivity index (χ1v) is 12.5. The van der Waals surface area contributed by atoms with E-state index in [1.165, 1.54) is 22.9 Å². The molecule has 10 heteroatoms. The summed E-state index contributed by atoms with van der Waals surface area (Å²) < 4.78 is 6.75. The molecule has 174 valence electrons. The van der Waals surface area contributed by atoms with Crippen molar-refractivity contribution in [2.24, 2.45) is 10.2 Å². The van der Waals surface area contributed by atoms with Gasteiger partial charge in [0, 0.05) is 29.8 Å². The summed E-state index contributed by atoms with van der Waals surface area (Å²) in [6.45, 7) is 0.234. The summed E-state index contributed by atoms with van der Waals surface area (Å²) in [6.07, 6.45) is 4.84. The predicted octanol–water partition coefficient (Wildman–Crippen LogP) is 6.08. The number of phenolic OH excluding ortho intramolecular Hbond substituents is 1. The summed E-state index contributed by atoms with van der Waals surface area (Å²) in [5.74, 6) is 0.507. The number of rotatable bonds is 6. The van der Waals surface area contributed by atoms with Crippen LogP contribution in [0.4, 0.5) is 5.69 Å². The third kappa shape index (κ3) is 5.63. The van der Waals surface area contributed by atoms with Gasteiger partial charge in [0.15, 0.2) is 5.17 Å². The maximum atomic E-state index is 13.2. The van der Waals surface area contributed by atoms with Gasteiger partial charge in [-0.25, -0.2) is 0 Å². The molecule has 1 N–H and O–H groups in total. The molecule has 0 aliphatic carbocycles. The molecule has 1 aromatic heterocycles. The van der Waals surface area contributed by atoms with Crippen LogP contribution in [-0.2, 0) is 11.3 Å². The number of halogens is 2. The summed E-state index contributed by atoms with van der Waals surface area (Å²) in [6, 6.07) is 15.0. The average molecular weight is 604 g/mol. The van der Waals surface area contributed by atoms with E-state index >= 15 is 0 Å². The molecule has 2 aromatic carbocycles. The highest BCUT2D eigenvalue weighted by Crippen LogP contribution is 2.34. The standard InChI is InChI=1S/C24H20Br2N4O3S/c1-29(2)18-7-5-15(6-8-18)10-21-23(32)30(14-19-4-3-9-33-19)24(34-21)28-27-13-16-11-17(25)12-20(26)22(16)31/h3-13,31H,14H2,1-2H3/b21-10-,27-13+,28-24-. The molecule has 1 fully saturated rings. The van der Waals surface area contributed by atoms with E-state index < -0.39 is 0 Å². The Balaban J connectivity index is 1.63. The molecule has 1 amide bonds. The van der Waals surface area contributed by atoms with E-state index in [2.05, 4.69) is 42.1 Å². The Labute approximate surface area is 218 Å². The van der Waals surface area contributed by atoms with Crippen molar-refractivity contribution in [2.45, 2.75) is 6.54 Å². The summed E-state index contributed by atoms with van der Waals surface area (Å²) in [5.41, 5.74) is 2.47. The van der Waals surface area contributed by atoms with Gasteiger partial charge < -0.3 is 14.4 Å². The van der Waals surface area contributed by atoms with Gasteiger partial charge in [-0.2, -0.15) is 5.10 Å². The van der Waals surface area contributed by atoms with Crippen LogP contribution < -0.4 is 4.90 Å². The van der Waals surface area contributed by atoms with Crippen molar-refractivity contribution in [1.29, 1.82) is 0 Å². The van der Waals surface area contributed by atoms with Crippen LogP contribution in [0.1, 0.15) is 16.9 Å². The summed E-state index contributed by atoms with van der Waals surface area (Å²) in [4.78, 5) is 17.3. The molecule has 2 heterocycles. The van der Waals surface area contributed by atoms with Gasteiger partial charge in [-0.3, -0.25) is 9.69 Å². The number of furan rings is 1. The van der Waals surface area contributed by atoms with Gasteiger partial charge in [0.25, 0.3) is 5.91 Å². The fraction of sp³-hybridized carbons (Fsp3) is 0.125. The lowest BCUT2D eigenvalue weighted by Gasteiger charge is -2.12. The predicted molar refractivity (Wildman–Crippen MR) is 144 cm³/mol. The van der Waals surface area contributed by atoms with Crippen molar-refractivity contribution in [3.05, 3.63) is 85.5 Å². The summed E-state index contributed by atoms with van der Waals surface area (Å²) in [5, 5.41) is 19.1. The second kappa shape index (κ2) is 10.6. The third-order valence-corrected chi connectivity index (χ3v) is 6.95. The first-order chi connectivity index (χ1) is 16.3. The van der Waals surface area contributed by atoms with Crippen molar-refractivity contribution in [1.82, 2.24) is 4.90 Å². The number of nitrogens with zero attached hydrogens (tertiary/aromatic N) is 4. The van der Waals surface area contributed by atoms with Crippen molar-refractivity contribution in [3.63, 3.8) is 0 Å². The minimum atomic E-state index is -0.180. The van der Waals surface area contributed by atoms with Crippen molar-refractivity contribution < 1.29 is 14.3 Å². The molecule has 3 aromatic rings. The highest BCUT2D eigenvalue weighted by molar-refractivity contribution is 9.11. The monoisotopic (exact) mass is 602 g/mol. The van der Waals surface area contributed by atoms with E-state index in [-0.39, 0.29) is 18.2 Å². The molecule has 7 nitrogen and oxygen atoms in total. The second-order valence-corrected chi connectivity index (χ2v) is 10.3. The molecule has 0 atom stereocenters. The zero-order valence-corrected chi connectivity index (χ0v) is 22.3. The van der Waals surface area contributed by atoms with E-state index in [0.717, 1.165) is 15.7 Å². The van der Waals surface area contributed by atoms with Gasteiger partial charge in [0.1, 0.15) is 11.5 Å². The third-order valence-electron chi connectivity index (χ3n) is 4.89. The van der Waals surface area contributed by atoms with Crippen LogP contribution in [0.25, 0.3) is 6.08 Å². The number of phenols is 1. The van der Waals surface area contributed by atoms with Crippen LogP contribution in [0.15, 0.2) is 83.3 Å². The molecule has 0 spiro atoms. The SMILES string of the molecule is CN(C)c1ccc(/C=C2\S/C(=N\N=C\c3cc(Br)cc(Br)c3O)N(Cc3ccco3)C2=O)cc1. The lowest BCUT2D eigenvalue weighted by molar-refractivity contribution is -0.122. The topological polar surface area (TPSA) is 81.6 Å². The molecule has 0 saturated carbocycles. The minimum absolute atomic E-state index is 0.0523. The number of benzene rings is 2. The van der Waals surface area contributed by atoms with E-state index in [4.69, 9.17) is 4.42 Å². The zero-order chi connectivity index (χ0) is 24.2. The lowest BCUT2D eigenvalue weighted by atomic mass is 10.2. The fourth-order valence-corrected chi connectivity index (χ4v) is 5.32. The molecular formula is C24H20Br2N4O3S.